The third-order valence-electron chi connectivity index (χ3n) is 4.92. The largest absolute Gasteiger partial charge is 0.640 e. The average molecular weight is 519 g/mol. The smallest absolute Gasteiger partial charge is 0.457 e. The molecular formula is C23H17BF3NO7S. The van der Waals surface area contributed by atoms with Crippen LogP contribution in [0.2, 0.25) is 0 Å². The number of nitrogens with zero attached hydrogens (tertiary/aromatic N) is 1. The second-order valence-corrected chi connectivity index (χ2v) is 8.97. The van der Waals surface area contributed by atoms with Crippen LogP contribution in [0.3, 0.4) is 0 Å². The van der Waals surface area contributed by atoms with Crippen molar-refractivity contribution in [2.24, 2.45) is 0 Å². The number of ether oxygens (including phenoxy) is 1. The van der Waals surface area contributed by atoms with E-state index in [1.54, 1.807) is 0 Å². The molecule has 4 rings (SSSR count). The predicted octanol–water partition coefficient (Wildman–Crippen LogP) is 5.55. The molecule has 3 aromatic carbocycles. The second-order valence-electron chi connectivity index (χ2n) is 7.43. The molecule has 36 heavy (non-hydrogen) atoms. The third kappa shape index (κ3) is 6.16. The molecule has 186 valence electrons. The first-order chi connectivity index (χ1) is 17.1. The van der Waals surface area contributed by atoms with Crippen molar-refractivity contribution in [2.45, 2.75) is 18.2 Å². The molecule has 0 N–H and O–H groups in total. The van der Waals surface area contributed by atoms with Crippen LogP contribution in [0.5, 0.6) is 17.2 Å². The Labute approximate surface area is 205 Å². The highest BCUT2D eigenvalue weighted by molar-refractivity contribution is 7.88. The fraction of sp³-hybridized carbons (Fsp3) is 0.174. The molecule has 0 amide bonds. The summed E-state index contributed by atoms with van der Waals surface area (Å²) < 4.78 is 88.5. The van der Waals surface area contributed by atoms with E-state index in [0.29, 0.717) is 11.4 Å². The summed E-state index contributed by atoms with van der Waals surface area (Å²) in [6, 6.07) is 18.8. The van der Waals surface area contributed by atoms with Gasteiger partial charge in [0.1, 0.15) is 17.2 Å². The first kappa shape index (κ1) is 25.5. The molecule has 0 aromatic heterocycles. The van der Waals surface area contributed by atoms with Gasteiger partial charge in [0.25, 0.3) is 0 Å². The van der Waals surface area contributed by atoms with Gasteiger partial charge >= 0.3 is 22.9 Å². The van der Waals surface area contributed by atoms with E-state index in [2.05, 4.69) is 9.03 Å². The molecule has 1 aliphatic heterocycles. The van der Waals surface area contributed by atoms with Gasteiger partial charge in [-0.1, -0.05) is 42.5 Å². The molecule has 1 fully saturated rings. The molecule has 3 aromatic rings. The van der Waals surface area contributed by atoms with Gasteiger partial charge in [-0.3, -0.25) is 0 Å². The number of halogens is 3. The Morgan fingerprint density at radius 1 is 1.03 bits per heavy atom. The summed E-state index contributed by atoms with van der Waals surface area (Å²) in [7, 11) is -7.07. The molecule has 0 radical (unpaired) electrons. The summed E-state index contributed by atoms with van der Waals surface area (Å²) in [5, 5.41) is 0. The number of benzene rings is 3. The highest BCUT2D eigenvalue weighted by Gasteiger charge is 2.49. The summed E-state index contributed by atoms with van der Waals surface area (Å²) in [5.74, 6) is -0.0870. The molecule has 0 aliphatic carbocycles. The first-order valence-electron chi connectivity index (χ1n) is 10.4. The monoisotopic (exact) mass is 519 g/mol. The normalized spacial score (nSPS) is 15.9. The Bertz CT molecular complexity index is 1350. The van der Waals surface area contributed by atoms with Crippen molar-refractivity contribution >= 4 is 23.1 Å². The molecular weight excluding hydrogens is 502 g/mol. The molecule has 1 saturated heterocycles. The lowest BCUT2D eigenvalue weighted by Crippen LogP contribution is -2.28. The van der Waals surface area contributed by atoms with Gasteiger partial charge in [-0.15, -0.1) is 0 Å². The standard InChI is InChI=1S/C23H17BF3NO7S/c1-28-18-7-9-19(10-8-18)33-20-11-12-21(35-36(29,30)23(25,26)27)17(13-20)14-31-24-32-15-22(34-24)16-5-3-2-4-6-16/h2-13,22H,14-15H2. The minimum atomic E-state index is -5.92. The van der Waals surface area contributed by atoms with Gasteiger partial charge in [-0.05, 0) is 35.9 Å². The SMILES string of the molecule is [C-]#[N+]c1ccc(Oc2ccc(OS(=O)(=O)C(F)(F)F)c(COB3OCC(c4ccccc4)O3)c2)cc1. The molecule has 13 heteroatoms. The summed E-state index contributed by atoms with van der Waals surface area (Å²) >= 11 is 0. The highest BCUT2D eigenvalue weighted by Crippen LogP contribution is 2.34. The van der Waals surface area contributed by atoms with Crippen LogP contribution in [-0.4, -0.2) is 27.9 Å². The van der Waals surface area contributed by atoms with Crippen molar-refractivity contribution < 1.29 is 44.5 Å². The summed E-state index contributed by atoms with van der Waals surface area (Å²) in [6.45, 7) is 6.76. The lowest BCUT2D eigenvalue weighted by Gasteiger charge is -2.15. The van der Waals surface area contributed by atoms with Crippen molar-refractivity contribution in [3.05, 3.63) is 95.3 Å². The van der Waals surface area contributed by atoms with Crippen LogP contribution in [0.1, 0.15) is 17.2 Å². The number of alkyl halides is 3. The lowest BCUT2D eigenvalue weighted by atomic mass is 10.1. The Hall–Kier alpha value is -3.57. The van der Waals surface area contributed by atoms with E-state index in [0.717, 1.165) is 11.6 Å². The summed E-state index contributed by atoms with van der Waals surface area (Å²) in [5.41, 5.74) is -4.44. The van der Waals surface area contributed by atoms with E-state index in [9.17, 15) is 21.6 Å². The lowest BCUT2D eigenvalue weighted by molar-refractivity contribution is -0.0500. The molecule has 1 unspecified atom stereocenters. The third-order valence-corrected chi connectivity index (χ3v) is 5.89. The zero-order valence-electron chi connectivity index (χ0n) is 18.3. The zero-order valence-corrected chi connectivity index (χ0v) is 19.2. The second kappa shape index (κ2) is 10.6. The minimum absolute atomic E-state index is 0.0616. The molecule has 0 spiro atoms. The van der Waals surface area contributed by atoms with Crippen molar-refractivity contribution in [3.8, 4) is 17.2 Å². The van der Waals surface area contributed by atoms with Gasteiger partial charge in [-0.2, -0.15) is 21.6 Å². The first-order valence-corrected chi connectivity index (χ1v) is 11.8. The maximum atomic E-state index is 12.9. The Morgan fingerprint density at radius 3 is 2.39 bits per heavy atom. The molecule has 1 aliphatic rings. The number of rotatable bonds is 8. The Kier molecular flexibility index (Phi) is 7.51. The van der Waals surface area contributed by atoms with Crippen molar-refractivity contribution in [1.29, 1.82) is 0 Å². The van der Waals surface area contributed by atoms with Crippen LogP contribution in [0, 0.1) is 6.57 Å². The van der Waals surface area contributed by atoms with E-state index in [-0.39, 0.29) is 17.9 Å². The maximum Gasteiger partial charge on any atom is 0.640 e. The van der Waals surface area contributed by atoms with Crippen LogP contribution in [0.4, 0.5) is 18.9 Å². The van der Waals surface area contributed by atoms with E-state index >= 15 is 0 Å². The summed E-state index contributed by atoms with van der Waals surface area (Å²) in [6.07, 6.45) is -0.411. The Morgan fingerprint density at radius 2 is 1.72 bits per heavy atom. The quantitative estimate of drug-likeness (QED) is 0.167. The van der Waals surface area contributed by atoms with E-state index < -0.39 is 41.4 Å². The fourth-order valence-electron chi connectivity index (χ4n) is 3.17. The van der Waals surface area contributed by atoms with Crippen LogP contribution in [0.25, 0.3) is 4.85 Å². The molecule has 0 bridgehead atoms. The van der Waals surface area contributed by atoms with E-state index in [1.807, 2.05) is 30.3 Å². The van der Waals surface area contributed by atoms with Crippen LogP contribution in [0.15, 0.2) is 72.8 Å². The Balaban J connectivity index is 1.52. The van der Waals surface area contributed by atoms with Gasteiger partial charge in [0.2, 0.25) is 0 Å². The van der Waals surface area contributed by atoms with Crippen LogP contribution >= 0.6 is 0 Å². The van der Waals surface area contributed by atoms with Gasteiger partial charge in [0, 0.05) is 5.56 Å². The number of hydrogen-bond acceptors (Lipinski definition) is 7. The van der Waals surface area contributed by atoms with E-state index in [1.165, 1.54) is 36.4 Å². The molecule has 0 saturated carbocycles. The van der Waals surface area contributed by atoms with Crippen LogP contribution < -0.4 is 8.92 Å². The average Bonchev–Trinajstić information content (AvgIpc) is 3.33. The predicted molar refractivity (Wildman–Crippen MR) is 122 cm³/mol. The maximum absolute atomic E-state index is 12.9. The molecule has 1 heterocycles. The summed E-state index contributed by atoms with van der Waals surface area (Å²) in [4.78, 5) is 3.27. The van der Waals surface area contributed by atoms with Crippen molar-refractivity contribution in [3.63, 3.8) is 0 Å². The topological polar surface area (TPSA) is 84.7 Å². The van der Waals surface area contributed by atoms with Crippen LogP contribution in [-0.2, 0) is 30.7 Å². The van der Waals surface area contributed by atoms with Gasteiger partial charge in [0.15, 0.2) is 5.69 Å². The fourth-order valence-corrected chi connectivity index (χ4v) is 3.66. The van der Waals surface area contributed by atoms with Gasteiger partial charge < -0.3 is 22.9 Å². The zero-order chi connectivity index (χ0) is 25.8. The highest BCUT2D eigenvalue weighted by atomic mass is 32.2. The van der Waals surface area contributed by atoms with Gasteiger partial charge in [-0.25, -0.2) is 4.85 Å². The number of hydrogen-bond donors (Lipinski definition) is 0. The molecule has 1 atom stereocenters. The molecule has 8 nitrogen and oxygen atoms in total. The van der Waals surface area contributed by atoms with Crippen molar-refractivity contribution in [2.75, 3.05) is 6.61 Å². The van der Waals surface area contributed by atoms with E-state index in [4.69, 9.17) is 25.3 Å². The minimum Gasteiger partial charge on any atom is -0.457 e. The van der Waals surface area contributed by atoms with Gasteiger partial charge in [0.05, 0.1) is 25.9 Å². The van der Waals surface area contributed by atoms with Crippen molar-refractivity contribution in [1.82, 2.24) is 0 Å².